The van der Waals surface area contributed by atoms with Gasteiger partial charge in [0.1, 0.15) is 5.54 Å². The minimum Gasteiger partial charge on any atom is -0.447 e. The number of rotatable bonds is 11. The molecule has 1 unspecified atom stereocenters. The summed E-state index contributed by atoms with van der Waals surface area (Å²) in [5.74, 6) is 0.342. The van der Waals surface area contributed by atoms with Crippen molar-refractivity contribution >= 4 is 23.6 Å². The van der Waals surface area contributed by atoms with Crippen molar-refractivity contribution in [1.82, 2.24) is 24.4 Å². The average Bonchev–Trinajstić information content (AvgIpc) is 3.71. The Hall–Kier alpha value is -5.68. The molecular weight excluding hydrogens is 761 g/mol. The highest BCUT2D eigenvalue weighted by molar-refractivity contribution is 6.30. The largest absolute Gasteiger partial charge is 0.447 e. The number of ether oxygens (including phenoxy) is 1. The first-order valence-corrected chi connectivity index (χ1v) is 19.9. The normalized spacial score (nSPS) is 17.3. The monoisotopic (exact) mass is 806 g/mol. The van der Waals surface area contributed by atoms with E-state index in [1.54, 1.807) is 23.4 Å². The summed E-state index contributed by atoms with van der Waals surface area (Å²) in [6, 6.07) is 33.9. The molecule has 2 aromatic heterocycles. The third-order valence-electron chi connectivity index (χ3n) is 10.9. The van der Waals surface area contributed by atoms with Crippen LogP contribution >= 0.6 is 11.6 Å². The van der Waals surface area contributed by atoms with Gasteiger partial charge in [-0.25, -0.2) is 19.7 Å². The molecule has 1 aliphatic rings. The molecule has 0 aliphatic carbocycles. The molecule has 1 aliphatic heterocycles. The van der Waals surface area contributed by atoms with Gasteiger partial charge in [0.25, 0.3) is 0 Å². The molecule has 1 saturated heterocycles. The zero-order chi connectivity index (χ0) is 41.0. The maximum absolute atomic E-state index is 13.9. The molecule has 6 aromatic rings. The molecule has 0 N–H and O–H groups in total. The molecule has 300 valence electrons. The van der Waals surface area contributed by atoms with E-state index >= 15 is 0 Å². The molecule has 0 saturated carbocycles. The predicted octanol–water partition coefficient (Wildman–Crippen LogP) is 11.0. The van der Waals surface area contributed by atoms with Crippen molar-refractivity contribution in [2.75, 3.05) is 4.90 Å². The Bertz CT molecular complexity index is 2190. The minimum atomic E-state index is -4.57. The van der Waals surface area contributed by atoms with E-state index in [0.29, 0.717) is 42.0 Å². The summed E-state index contributed by atoms with van der Waals surface area (Å²) in [6.07, 6.45) is 3.71. The van der Waals surface area contributed by atoms with Crippen LogP contribution < -0.4 is 4.90 Å². The van der Waals surface area contributed by atoms with Crippen LogP contribution in [0.5, 0.6) is 0 Å². The van der Waals surface area contributed by atoms with Crippen LogP contribution in [0, 0.1) is 0 Å². The molecule has 4 aromatic carbocycles. The Morgan fingerprint density at radius 2 is 1.41 bits per heavy atom. The van der Waals surface area contributed by atoms with Crippen molar-refractivity contribution in [2.45, 2.75) is 89.4 Å². The first-order valence-electron chi connectivity index (χ1n) is 19.5. The Balaban J connectivity index is 1.27. The minimum absolute atomic E-state index is 0.0136. The number of imidazole rings is 1. The van der Waals surface area contributed by atoms with Crippen LogP contribution in [0.15, 0.2) is 134 Å². The SMILES string of the molecule is CC[C@@H]1C[C@H](N(Cc2cc(Cl)cc(C(F)(F)F)c2)c2ncc(-c3cn(C(c4ccccc4)(c4ccccc4)c4ccccc4)cn3)cn2)CC(C)N1C(=O)OC(C)C. The van der Waals surface area contributed by atoms with Gasteiger partial charge < -0.3 is 19.1 Å². The van der Waals surface area contributed by atoms with Gasteiger partial charge in [0.15, 0.2) is 0 Å². The summed E-state index contributed by atoms with van der Waals surface area (Å²) >= 11 is 6.26. The van der Waals surface area contributed by atoms with E-state index in [1.807, 2.05) is 99.7 Å². The highest BCUT2D eigenvalue weighted by Crippen LogP contribution is 2.42. The summed E-state index contributed by atoms with van der Waals surface area (Å²) in [5.41, 5.74) is 3.24. The lowest BCUT2D eigenvalue weighted by Crippen LogP contribution is -2.56. The Kier molecular flexibility index (Phi) is 11.9. The summed E-state index contributed by atoms with van der Waals surface area (Å²) in [7, 11) is 0. The highest BCUT2D eigenvalue weighted by atomic mass is 35.5. The van der Waals surface area contributed by atoms with E-state index in [2.05, 4.69) is 41.0 Å². The summed E-state index contributed by atoms with van der Waals surface area (Å²) in [4.78, 5) is 31.5. The van der Waals surface area contributed by atoms with Gasteiger partial charge in [-0.3, -0.25) is 0 Å². The number of likely N-dealkylation sites (tertiary alicyclic amines) is 1. The lowest BCUT2D eigenvalue weighted by Gasteiger charge is -2.46. The van der Waals surface area contributed by atoms with Crippen LogP contribution in [0.4, 0.5) is 23.9 Å². The van der Waals surface area contributed by atoms with Gasteiger partial charge in [-0.2, -0.15) is 13.2 Å². The van der Waals surface area contributed by atoms with Crippen molar-refractivity contribution < 1.29 is 22.7 Å². The smallest absolute Gasteiger partial charge is 0.416 e. The second kappa shape index (κ2) is 17.0. The third kappa shape index (κ3) is 8.32. The maximum Gasteiger partial charge on any atom is 0.416 e. The summed E-state index contributed by atoms with van der Waals surface area (Å²) < 4.78 is 49.5. The molecule has 12 heteroatoms. The van der Waals surface area contributed by atoms with Crippen LogP contribution in [-0.4, -0.2) is 54.7 Å². The summed E-state index contributed by atoms with van der Waals surface area (Å²) in [6.45, 7) is 7.68. The number of hydrogen-bond donors (Lipinski definition) is 0. The fourth-order valence-electron chi connectivity index (χ4n) is 8.31. The van der Waals surface area contributed by atoms with Gasteiger partial charge in [-0.15, -0.1) is 0 Å². The molecule has 7 rings (SSSR count). The standard InChI is InChI=1S/C46H46ClF3N6O2/c1-5-40-25-41(21-32(4)56(40)44(57)58-31(2)3)55(28-33-22-38(46(48,49)50)24-39(47)23-33)43-51-26-34(27-52-43)42-29-54(30-53-42)45(35-15-9-6-10-16-35,36-17-11-7-12-18-36)37-19-13-8-14-20-37/h6-20,22-24,26-27,29-32,40-41H,5,21,25,28H2,1-4H3/t32?,40-,41-/m1/s1. The van der Waals surface area contributed by atoms with E-state index < -0.39 is 17.3 Å². The number of alkyl halides is 3. The Morgan fingerprint density at radius 1 is 0.845 bits per heavy atom. The highest BCUT2D eigenvalue weighted by Gasteiger charge is 2.41. The van der Waals surface area contributed by atoms with Gasteiger partial charge in [0.2, 0.25) is 5.95 Å². The summed E-state index contributed by atoms with van der Waals surface area (Å²) in [5, 5.41) is -0.0136. The second-order valence-electron chi connectivity index (χ2n) is 15.1. The van der Waals surface area contributed by atoms with Crippen molar-refractivity contribution in [3.63, 3.8) is 0 Å². The molecule has 0 radical (unpaired) electrons. The van der Waals surface area contributed by atoms with Crippen molar-refractivity contribution in [1.29, 1.82) is 0 Å². The first-order chi connectivity index (χ1) is 27.9. The van der Waals surface area contributed by atoms with Gasteiger partial charge >= 0.3 is 12.3 Å². The van der Waals surface area contributed by atoms with Gasteiger partial charge in [0, 0.05) is 53.8 Å². The van der Waals surface area contributed by atoms with E-state index in [1.165, 1.54) is 0 Å². The molecule has 8 nitrogen and oxygen atoms in total. The zero-order valence-electron chi connectivity index (χ0n) is 32.9. The predicted molar refractivity (Wildman–Crippen MR) is 221 cm³/mol. The number of carbonyl (C=O) groups is 1. The Labute approximate surface area is 342 Å². The van der Waals surface area contributed by atoms with E-state index in [0.717, 1.165) is 28.8 Å². The van der Waals surface area contributed by atoms with Crippen LogP contribution in [-0.2, 0) is 23.0 Å². The molecule has 3 heterocycles. The van der Waals surface area contributed by atoms with Crippen LogP contribution in [0.3, 0.4) is 0 Å². The number of hydrogen-bond acceptors (Lipinski definition) is 6. The quantitative estimate of drug-likeness (QED) is 0.121. The number of anilines is 1. The number of amides is 1. The number of carbonyl (C=O) groups excluding carboxylic acids is 1. The Morgan fingerprint density at radius 3 is 1.93 bits per heavy atom. The fourth-order valence-corrected chi connectivity index (χ4v) is 8.57. The number of piperidine rings is 1. The van der Waals surface area contributed by atoms with E-state index in [9.17, 15) is 18.0 Å². The third-order valence-corrected chi connectivity index (χ3v) is 11.1. The van der Waals surface area contributed by atoms with E-state index in [4.69, 9.17) is 31.3 Å². The topological polar surface area (TPSA) is 76.4 Å². The molecule has 1 fully saturated rings. The molecular formula is C46H46ClF3N6O2. The molecule has 0 spiro atoms. The first kappa shape index (κ1) is 40.5. The van der Waals surface area contributed by atoms with Gasteiger partial charge in [-0.05, 0) is 80.5 Å². The second-order valence-corrected chi connectivity index (χ2v) is 15.5. The van der Waals surface area contributed by atoms with Crippen LogP contribution in [0.2, 0.25) is 5.02 Å². The van der Waals surface area contributed by atoms with E-state index in [-0.39, 0.29) is 41.9 Å². The lowest BCUT2D eigenvalue weighted by atomic mass is 9.77. The number of benzene rings is 4. The number of halogens is 4. The van der Waals surface area contributed by atoms with Crippen LogP contribution in [0.1, 0.15) is 74.8 Å². The maximum atomic E-state index is 13.9. The molecule has 3 atom stereocenters. The van der Waals surface area contributed by atoms with Crippen molar-refractivity contribution in [3.8, 4) is 11.3 Å². The molecule has 58 heavy (non-hydrogen) atoms. The molecule has 0 bridgehead atoms. The average molecular weight is 807 g/mol. The fraction of sp³-hybridized carbons (Fsp3) is 0.304. The number of nitrogens with zero attached hydrogens (tertiary/aromatic N) is 6. The molecule has 1 amide bonds. The van der Waals surface area contributed by atoms with Crippen molar-refractivity contribution in [3.05, 3.63) is 167 Å². The van der Waals surface area contributed by atoms with Crippen LogP contribution in [0.25, 0.3) is 11.3 Å². The zero-order valence-corrected chi connectivity index (χ0v) is 33.6. The van der Waals surface area contributed by atoms with Gasteiger partial charge in [0.05, 0.1) is 23.7 Å². The lowest BCUT2D eigenvalue weighted by molar-refractivity contribution is -0.137. The number of aromatic nitrogens is 4. The van der Waals surface area contributed by atoms with Gasteiger partial charge in [-0.1, -0.05) is 110 Å². The van der Waals surface area contributed by atoms with Crippen molar-refractivity contribution in [2.24, 2.45) is 0 Å².